The first-order chi connectivity index (χ1) is 14.2. The lowest BCUT2D eigenvalue weighted by atomic mass is 10.2. The number of hydrogen-bond acceptors (Lipinski definition) is 3. The Morgan fingerprint density at radius 1 is 0.931 bits per heavy atom. The molecule has 2 aliphatic rings. The Hall–Kier alpha value is -2.57. The molecule has 2 fully saturated rings. The molecule has 6 nitrogen and oxygen atoms in total. The quantitative estimate of drug-likeness (QED) is 0.552. The van der Waals surface area contributed by atoms with Crippen LogP contribution in [0.5, 0.6) is 5.75 Å². The first kappa shape index (κ1) is 19.7. The van der Waals surface area contributed by atoms with Gasteiger partial charge in [-0.15, -0.1) is 0 Å². The number of aromatic hydroxyl groups is 1. The molecular weight excluding hydrogens is 364 g/mol. The van der Waals surface area contributed by atoms with E-state index in [0.717, 1.165) is 44.1 Å². The second kappa shape index (κ2) is 9.29. The zero-order valence-corrected chi connectivity index (χ0v) is 17.0. The number of para-hydroxylation sites is 2. The smallest absolute Gasteiger partial charge is 0.279 e. The predicted octanol–water partition coefficient (Wildman–Crippen LogP) is -0.0855. The van der Waals surface area contributed by atoms with E-state index in [9.17, 15) is 9.90 Å². The molecule has 1 amide bonds. The van der Waals surface area contributed by atoms with Crippen LogP contribution < -0.4 is 20.0 Å². The average molecular weight is 397 g/mol. The summed E-state index contributed by atoms with van der Waals surface area (Å²) in [4.78, 5) is 17.6. The van der Waals surface area contributed by atoms with Crippen LogP contribution in [0.4, 0.5) is 11.4 Å². The topological polar surface area (TPSA) is 61.5 Å². The van der Waals surface area contributed by atoms with Crippen LogP contribution in [0.15, 0.2) is 48.5 Å². The Labute approximate surface area is 172 Å². The van der Waals surface area contributed by atoms with Crippen LogP contribution in [0, 0.1) is 0 Å². The van der Waals surface area contributed by atoms with E-state index in [2.05, 4.69) is 22.3 Å². The highest BCUT2D eigenvalue weighted by atomic mass is 16.3. The van der Waals surface area contributed by atoms with Crippen LogP contribution in [0.25, 0.3) is 0 Å². The SMILES string of the molecule is O=C(C[NH+]1CCN(c2ccccc2O)CC1)Nc1ccc(C[NH+]2CCCC2)cc1. The van der Waals surface area contributed by atoms with Crippen molar-refractivity contribution in [3.8, 4) is 5.75 Å². The van der Waals surface area contributed by atoms with E-state index < -0.39 is 0 Å². The molecule has 0 bridgehead atoms. The van der Waals surface area contributed by atoms with Gasteiger partial charge in [0.15, 0.2) is 6.54 Å². The van der Waals surface area contributed by atoms with Gasteiger partial charge in [-0.05, 0) is 24.3 Å². The fraction of sp³-hybridized carbons (Fsp3) is 0.435. The molecule has 0 radical (unpaired) electrons. The zero-order chi connectivity index (χ0) is 20.1. The normalized spacial score (nSPS) is 18.1. The highest BCUT2D eigenvalue weighted by Gasteiger charge is 2.23. The minimum Gasteiger partial charge on any atom is -0.506 e. The highest BCUT2D eigenvalue weighted by molar-refractivity contribution is 5.91. The molecule has 0 aliphatic carbocycles. The molecule has 6 heteroatoms. The van der Waals surface area contributed by atoms with Gasteiger partial charge in [0.05, 0.1) is 45.0 Å². The lowest BCUT2D eigenvalue weighted by Crippen LogP contribution is -3.15. The van der Waals surface area contributed by atoms with Crippen molar-refractivity contribution in [2.75, 3.05) is 56.0 Å². The fourth-order valence-corrected chi connectivity index (χ4v) is 4.45. The van der Waals surface area contributed by atoms with E-state index in [0.29, 0.717) is 12.3 Å². The molecule has 2 saturated heterocycles. The molecule has 2 aliphatic heterocycles. The summed E-state index contributed by atoms with van der Waals surface area (Å²) in [6, 6.07) is 15.8. The number of rotatable bonds is 6. The number of nitrogens with zero attached hydrogens (tertiary/aromatic N) is 1. The Balaban J connectivity index is 1.22. The highest BCUT2D eigenvalue weighted by Crippen LogP contribution is 2.25. The van der Waals surface area contributed by atoms with Crippen molar-refractivity contribution in [2.24, 2.45) is 0 Å². The standard InChI is InChI=1S/C23H30N4O2/c28-22-6-2-1-5-21(22)27-15-13-26(14-16-27)18-23(29)24-20-9-7-19(8-10-20)17-25-11-3-4-12-25/h1-2,5-10,28H,3-4,11-18H2,(H,24,29)/p+2. The summed E-state index contributed by atoms with van der Waals surface area (Å²) in [5, 5.41) is 13.1. The maximum Gasteiger partial charge on any atom is 0.279 e. The van der Waals surface area contributed by atoms with E-state index in [1.807, 2.05) is 30.3 Å². The molecular formula is C23H32N4O2+2. The molecule has 2 aromatic rings. The average Bonchev–Trinajstić information content (AvgIpc) is 3.24. The van der Waals surface area contributed by atoms with Crippen LogP contribution in [0.1, 0.15) is 18.4 Å². The van der Waals surface area contributed by atoms with Gasteiger partial charge in [0.2, 0.25) is 0 Å². The lowest BCUT2D eigenvalue weighted by Gasteiger charge is -2.33. The number of quaternary nitrogens is 2. The molecule has 4 rings (SSSR count). The van der Waals surface area contributed by atoms with E-state index in [-0.39, 0.29) is 5.91 Å². The van der Waals surface area contributed by atoms with Crippen molar-refractivity contribution in [3.63, 3.8) is 0 Å². The van der Waals surface area contributed by atoms with E-state index in [4.69, 9.17) is 0 Å². The van der Waals surface area contributed by atoms with Crippen molar-refractivity contribution in [1.82, 2.24) is 0 Å². The summed E-state index contributed by atoms with van der Waals surface area (Å²) in [7, 11) is 0. The number of piperazine rings is 1. The number of phenols is 1. The summed E-state index contributed by atoms with van der Waals surface area (Å²) < 4.78 is 0. The molecule has 2 aromatic carbocycles. The largest absolute Gasteiger partial charge is 0.506 e. The molecule has 4 N–H and O–H groups in total. The molecule has 0 spiro atoms. The molecule has 0 atom stereocenters. The van der Waals surface area contributed by atoms with Gasteiger partial charge in [0.25, 0.3) is 5.91 Å². The Bertz CT molecular complexity index is 810. The second-order valence-corrected chi connectivity index (χ2v) is 8.28. The van der Waals surface area contributed by atoms with Crippen LogP contribution in [0.2, 0.25) is 0 Å². The third-order valence-corrected chi connectivity index (χ3v) is 6.11. The number of benzene rings is 2. The molecule has 0 unspecified atom stereocenters. The number of phenolic OH excluding ortho intramolecular Hbond substituents is 1. The van der Waals surface area contributed by atoms with E-state index in [1.54, 1.807) is 11.0 Å². The number of carbonyl (C=O) groups is 1. The Morgan fingerprint density at radius 2 is 1.62 bits per heavy atom. The maximum atomic E-state index is 12.5. The number of nitrogens with one attached hydrogen (secondary N) is 3. The summed E-state index contributed by atoms with van der Waals surface area (Å²) in [5.74, 6) is 0.386. The Morgan fingerprint density at radius 3 is 2.31 bits per heavy atom. The van der Waals surface area contributed by atoms with E-state index >= 15 is 0 Å². The molecule has 2 heterocycles. The van der Waals surface area contributed by atoms with Gasteiger partial charge < -0.3 is 25.1 Å². The predicted molar refractivity (Wildman–Crippen MR) is 115 cm³/mol. The maximum absolute atomic E-state index is 12.5. The van der Waals surface area contributed by atoms with Crippen LogP contribution in [-0.2, 0) is 11.3 Å². The summed E-state index contributed by atoms with van der Waals surface area (Å²) in [5.41, 5.74) is 3.10. The third-order valence-electron chi connectivity index (χ3n) is 6.11. The minimum absolute atomic E-state index is 0.0638. The fourth-order valence-electron chi connectivity index (χ4n) is 4.45. The van der Waals surface area contributed by atoms with Gasteiger partial charge in [-0.2, -0.15) is 0 Å². The van der Waals surface area contributed by atoms with Gasteiger partial charge in [-0.1, -0.05) is 24.3 Å². The van der Waals surface area contributed by atoms with Crippen molar-refractivity contribution in [2.45, 2.75) is 19.4 Å². The number of hydrogen-bond donors (Lipinski definition) is 4. The molecule has 29 heavy (non-hydrogen) atoms. The third kappa shape index (κ3) is 5.28. The van der Waals surface area contributed by atoms with Crippen molar-refractivity contribution in [1.29, 1.82) is 0 Å². The van der Waals surface area contributed by atoms with Crippen molar-refractivity contribution < 1.29 is 19.7 Å². The number of anilines is 2. The second-order valence-electron chi connectivity index (χ2n) is 8.28. The van der Waals surface area contributed by atoms with Gasteiger partial charge in [-0.3, -0.25) is 4.79 Å². The minimum atomic E-state index is 0.0638. The Kier molecular flexibility index (Phi) is 6.32. The van der Waals surface area contributed by atoms with Gasteiger partial charge in [0, 0.05) is 24.1 Å². The lowest BCUT2D eigenvalue weighted by molar-refractivity contribution is -0.901. The van der Waals surface area contributed by atoms with Crippen molar-refractivity contribution in [3.05, 3.63) is 54.1 Å². The van der Waals surface area contributed by atoms with Gasteiger partial charge >= 0.3 is 0 Å². The zero-order valence-electron chi connectivity index (χ0n) is 17.0. The summed E-state index contributed by atoms with van der Waals surface area (Å²) >= 11 is 0. The van der Waals surface area contributed by atoms with Crippen LogP contribution >= 0.6 is 0 Å². The molecule has 0 saturated carbocycles. The summed E-state index contributed by atoms with van der Waals surface area (Å²) in [6.07, 6.45) is 2.68. The molecule has 154 valence electrons. The number of likely N-dealkylation sites (tertiary alicyclic amines) is 1. The number of carbonyl (C=O) groups excluding carboxylic acids is 1. The molecule has 0 aromatic heterocycles. The van der Waals surface area contributed by atoms with E-state index in [1.165, 1.54) is 36.4 Å². The first-order valence-electron chi connectivity index (χ1n) is 10.8. The van der Waals surface area contributed by atoms with Crippen LogP contribution in [-0.4, -0.2) is 56.8 Å². The van der Waals surface area contributed by atoms with Crippen molar-refractivity contribution >= 4 is 17.3 Å². The van der Waals surface area contributed by atoms with Gasteiger partial charge in [0.1, 0.15) is 12.3 Å². The number of amides is 1. The monoisotopic (exact) mass is 396 g/mol. The first-order valence-corrected chi connectivity index (χ1v) is 10.8. The summed E-state index contributed by atoms with van der Waals surface area (Å²) in [6.45, 7) is 7.57. The van der Waals surface area contributed by atoms with Gasteiger partial charge in [-0.25, -0.2) is 0 Å². The van der Waals surface area contributed by atoms with Crippen LogP contribution in [0.3, 0.4) is 0 Å².